The van der Waals surface area contributed by atoms with E-state index < -0.39 is 6.03 Å². The summed E-state index contributed by atoms with van der Waals surface area (Å²) in [5, 5.41) is 7.87. The maximum atomic E-state index is 11.9. The molecule has 23 heavy (non-hydrogen) atoms. The highest BCUT2D eigenvalue weighted by atomic mass is 35.5. The zero-order chi connectivity index (χ0) is 16.2. The van der Waals surface area contributed by atoms with Gasteiger partial charge in [0.05, 0.1) is 15.9 Å². The summed E-state index contributed by atoms with van der Waals surface area (Å²) in [6, 6.07) is 14.6. The summed E-state index contributed by atoms with van der Waals surface area (Å²) >= 11 is 7.29. The molecule has 0 aliphatic heterocycles. The summed E-state index contributed by atoms with van der Waals surface area (Å²) in [6.45, 7) is 1.83. The third-order valence-corrected chi connectivity index (χ3v) is 4.26. The van der Waals surface area contributed by atoms with E-state index in [0.29, 0.717) is 10.2 Å². The van der Waals surface area contributed by atoms with Crippen LogP contribution in [-0.2, 0) is 0 Å². The molecule has 0 saturated carbocycles. The molecule has 0 aliphatic carbocycles. The van der Waals surface area contributed by atoms with E-state index in [1.54, 1.807) is 6.07 Å². The second-order valence-corrected chi connectivity index (χ2v) is 6.23. The van der Waals surface area contributed by atoms with Gasteiger partial charge in [-0.25, -0.2) is 15.2 Å². The molecule has 3 rings (SSSR count). The number of rotatable bonds is 3. The highest BCUT2D eigenvalue weighted by Crippen LogP contribution is 2.28. The van der Waals surface area contributed by atoms with Gasteiger partial charge in [-0.15, -0.1) is 0 Å². The number of nitrogens with zero attached hydrogens (tertiary/aromatic N) is 2. The van der Waals surface area contributed by atoms with Gasteiger partial charge in [0.15, 0.2) is 5.13 Å². The number of aromatic nitrogens is 1. The number of hydrazone groups is 1. The summed E-state index contributed by atoms with van der Waals surface area (Å²) in [5.74, 6) is 0. The van der Waals surface area contributed by atoms with Crippen LogP contribution in [0.2, 0.25) is 5.02 Å². The van der Waals surface area contributed by atoms with E-state index in [9.17, 15) is 4.79 Å². The molecule has 0 atom stereocenters. The highest BCUT2D eigenvalue weighted by molar-refractivity contribution is 7.22. The van der Waals surface area contributed by atoms with Crippen molar-refractivity contribution in [2.75, 3.05) is 5.32 Å². The van der Waals surface area contributed by atoms with Crippen molar-refractivity contribution in [3.8, 4) is 0 Å². The average molecular weight is 345 g/mol. The minimum Gasteiger partial charge on any atom is -0.282 e. The first-order chi connectivity index (χ1) is 11.1. The maximum absolute atomic E-state index is 11.9. The number of amides is 2. The fourth-order valence-electron chi connectivity index (χ4n) is 1.96. The molecule has 0 spiro atoms. The smallest absolute Gasteiger partial charge is 0.282 e. The fourth-order valence-corrected chi connectivity index (χ4v) is 3.09. The van der Waals surface area contributed by atoms with Crippen molar-refractivity contribution in [3.05, 3.63) is 59.1 Å². The van der Waals surface area contributed by atoms with Crippen molar-refractivity contribution < 1.29 is 4.79 Å². The number of halogens is 1. The average Bonchev–Trinajstić information content (AvgIpc) is 2.94. The van der Waals surface area contributed by atoms with E-state index in [-0.39, 0.29) is 0 Å². The van der Waals surface area contributed by atoms with Gasteiger partial charge in [-0.2, -0.15) is 5.10 Å². The second-order valence-electron chi connectivity index (χ2n) is 4.76. The lowest BCUT2D eigenvalue weighted by Crippen LogP contribution is -2.25. The van der Waals surface area contributed by atoms with Crippen molar-refractivity contribution in [3.63, 3.8) is 0 Å². The van der Waals surface area contributed by atoms with Crippen molar-refractivity contribution in [2.45, 2.75) is 6.92 Å². The number of thiazole rings is 1. The first kappa shape index (κ1) is 15.5. The van der Waals surface area contributed by atoms with Crippen LogP contribution in [0.3, 0.4) is 0 Å². The normalized spacial score (nSPS) is 11.5. The van der Waals surface area contributed by atoms with E-state index in [4.69, 9.17) is 11.6 Å². The summed E-state index contributed by atoms with van der Waals surface area (Å²) in [6.07, 6.45) is 0. The molecule has 2 N–H and O–H groups in total. The molecule has 0 radical (unpaired) electrons. The summed E-state index contributed by atoms with van der Waals surface area (Å²) in [5.41, 5.74) is 4.92. The van der Waals surface area contributed by atoms with Gasteiger partial charge in [0.2, 0.25) is 0 Å². The van der Waals surface area contributed by atoms with Gasteiger partial charge in [-0.05, 0) is 30.7 Å². The molecule has 5 nitrogen and oxygen atoms in total. The molecule has 0 saturated heterocycles. The Hall–Kier alpha value is -2.44. The monoisotopic (exact) mass is 344 g/mol. The lowest BCUT2D eigenvalue weighted by molar-refractivity contribution is 0.252. The van der Waals surface area contributed by atoms with Crippen molar-refractivity contribution in [2.24, 2.45) is 5.10 Å². The maximum Gasteiger partial charge on any atom is 0.341 e. The molecule has 3 aromatic rings. The first-order valence-corrected chi connectivity index (χ1v) is 8.04. The van der Waals surface area contributed by atoms with Gasteiger partial charge < -0.3 is 0 Å². The molecule has 2 amide bonds. The van der Waals surface area contributed by atoms with Crippen LogP contribution in [0.25, 0.3) is 10.2 Å². The van der Waals surface area contributed by atoms with Crippen LogP contribution >= 0.6 is 22.9 Å². The van der Waals surface area contributed by atoms with E-state index in [2.05, 4.69) is 20.8 Å². The number of anilines is 1. The van der Waals surface area contributed by atoms with Gasteiger partial charge >= 0.3 is 6.03 Å². The van der Waals surface area contributed by atoms with Crippen molar-refractivity contribution >= 4 is 50.0 Å². The van der Waals surface area contributed by atoms with Crippen LogP contribution in [-0.4, -0.2) is 16.7 Å². The molecule has 0 aliphatic rings. The third kappa shape index (κ3) is 3.85. The van der Waals surface area contributed by atoms with E-state index in [1.807, 2.05) is 49.4 Å². The van der Waals surface area contributed by atoms with Gasteiger partial charge in [0.1, 0.15) is 0 Å². The van der Waals surface area contributed by atoms with Crippen LogP contribution in [0.1, 0.15) is 12.5 Å². The van der Waals surface area contributed by atoms with E-state index in [1.165, 1.54) is 11.3 Å². The first-order valence-electron chi connectivity index (χ1n) is 6.84. The minimum atomic E-state index is -0.439. The molecule has 0 bridgehead atoms. The standard InChI is InChI=1S/C16H13ClN4OS/c1-10(11-5-3-2-4-6-11)20-21-15(22)19-16-18-13-8-7-12(17)9-14(13)23-16/h2-9H,1H3,(H2,18,19,21,22)/b20-10+. The topological polar surface area (TPSA) is 66.4 Å². The third-order valence-electron chi connectivity index (χ3n) is 3.09. The Labute approximate surface area is 142 Å². The van der Waals surface area contributed by atoms with Crippen LogP contribution < -0.4 is 10.7 Å². The zero-order valence-corrected chi connectivity index (χ0v) is 13.8. The number of carbonyl (C=O) groups excluding carboxylic acids is 1. The number of carbonyl (C=O) groups is 1. The highest BCUT2D eigenvalue weighted by Gasteiger charge is 2.07. The Morgan fingerprint density at radius 2 is 2.00 bits per heavy atom. The number of hydrogen-bond acceptors (Lipinski definition) is 4. The predicted molar refractivity (Wildman–Crippen MR) is 95.4 cm³/mol. The summed E-state index contributed by atoms with van der Waals surface area (Å²) in [7, 11) is 0. The number of fused-ring (bicyclic) bond motifs is 1. The second kappa shape index (κ2) is 6.76. The molecular formula is C16H13ClN4OS. The minimum absolute atomic E-state index is 0.439. The summed E-state index contributed by atoms with van der Waals surface area (Å²) < 4.78 is 0.914. The number of urea groups is 1. The Kier molecular flexibility index (Phi) is 4.55. The predicted octanol–water partition coefficient (Wildman–Crippen LogP) is 4.50. The Morgan fingerprint density at radius 3 is 2.78 bits per heavy atom. The van der Waals surface area contributed by atoms with Crippen LogP contribution in [0.5, 0.6) is 0 Å². The SMILES string of the molecule is C/C(=N\NC(=O)Nc1nc2ccc(Cl)cc2s1)c1ccccc1. The Bertz CT molecular complexity index is 876. The van der Waals surface area contributed by atoms with Crippen molar-refractivity contribution in [1.82, 2.24) is 10.4 Å². The largest absolute Gasteiger partial charge is 0.341 e. The number of nitrogens with one attached hydrogen (secondary N) is 2. The van der Waals surface area contributed by atoms with Crippen LogP contribution in [0, 0.1) is 0 Å². The van der Waals surface area contributed by atoms with Gasteiger partial charge in [-0.3, -0.25) is 5.32 Å². The number of hydrogen-bond donors (Lipinski definition) is 2. The molecule has 116 valence electrons. The Morgan fingerprint density at radius 1 is 1.22 bits per heavy atom. The van der Waals surface area contributed by atoms with Gasteiger partial charge in [-0.1, -0.05) is 53.3 Å². The molecule has 0 unspecified atom stereocenters. The fraction of sp³-hybridized carbons (Fsp3) is 0.0625. The molecule has 2 aromatic carbocycles. The molecule has 1 aromatic heterocycles. The van der Waals surface area contributed by atoms with Crippen LogP contribution in [0.15, 0.2) is 53.6 Å². The van der Waals surface area contributed by atoms with Gasteiger partial charge in [0.25, 0.3) is 0 Å². The van der Waals surface area contributed by atoms with Gasteiger partial charge in [0, 0.05) is 5.02 Å². The molecular weight excluding hydrogens is 332 g/mol. The summed E-state index contributed by atoms with van der Waals surface area (Å²) in [4.78, 5) is 16.2. The lowest BCUT2D eigenvalue weighted by atomic mass is 10.1. The van der Waals surface area contributed by atoms with Crippen molar-refractivity contribution in [1.29, 1.82) is 0 Å². The Balaban J connectivity index is 1.66. The molecule has 0 fully saturated rings. The molecule has 1 heterocycles. The zero-order valence-electron chi connectivity index (χ0n) is 12.2. The number of benzene rings is 2. The van der Waals surface area contributed by atoms with E-state index in [0.717, 1.165) is 21.5 Å². The lowest BCUT2D eigenvalue weighted by Gasteiger charge is -2.02. The quantitative estimate of drug-likeness (QED) is 0.542. The van der Waals surface area contributed by atoms with Crippen LogP contribution in [0.4, 0.5) is 9.93 Å². The van der Waals surface area contributed by atoms with E-state index >= 15 is 0 Å². The molecule has 7 heteroatoms.